The van der Waals surface area contributed by atoms with Crippen molar-refractivity contribution in [3.63, 3.8) is 0 Å². The maximum Gasteiger partial charge on any atom is 0.284 e. The molecule has 3 rings (SSSR count). The van der Waals surface area contributed by atoms with Crippen molar-refractivity contribution in [2.75, 3.05) is 0 Å². The Morgan fingerprint density at radius 1 is 1.31 bits per heavy atom. The summed E-state index contributed by atoms with van der Waals surface area (Å²) in [5, 5.41) is 16.4. The molecule has 1 aromatic heterocycles. The van der Waals surface area contributed by atoms with Crippen molar-refractivity contribution in [3.05, 3.63) is 45.0 Å². The number of hydrogen-bond acceptors (Lipinski definition) is 6. The predicted octanol–water partition coefficient (Wildman–Crippen LogP) is 4.96. The van der Waals surface area contributed by atoms with Crippen LogP contribution < -0.4 is 5.32 Å². The molecule has 8 heteroatoms. The van der Waals surface area contributed by atoms with Gasteiger partial charge in [0.1, 0.15) is 0 Å². The van der Waals surface area contributed by atoms with Gasteiger partial charge < -0.3 is 5.32 Å². The molecule has 26 heavy (non-hydrogen) atoms. The third kappa shape index (κ3) is 4.82. The Bertz CT molecular complexity index is 799. The molecule has 0 atom stereocenters. The molecular formula is C18H21N3O3S2. The number of hydrogen-bond donors (Lipinski definition) is 1. The zero-order valence-corrected chi connectivity index (χ0v) is 16.2. The first-order valence-electron chi connectivity index (χ1n) is 8.72. The van der Waals surface area contributed by atoms with E-state index in [1.807, 2.05) is 12.3 Å². The van der Waals surface area contributed by atoms with Gasteiger partial charge in [0, 0.05) is 28.7 Å². The van der Waals surface area contributed by atoms with E-state index >= 15 is 0 Å². The third-order valence-electron chi connectivity index (χ3n) is 4.40. The second kappa shape index (κ2) is 8.64. The number of benzene rings is 1. The summed E-state index contributed by atoms with van der Waals surface area (Å²) >= 11 is 2.71. The molecule has 1 amide bonds. The number of nitrogens with zero attached hydrogens (tertiary/aromatic N) is 2. The van der Waals surface area contributed by atoms with Gasteiger partial charge in [0.05, 0.1) is 9.82 Å². The number of thiazole rings is 1. The lowest BCUT2D eigenvalue weighted by Gasteiger charge is -2.16. The van der Waals surface area contributed by atoms with Crippen molar-refractivity contribution >= 4 is 34.7 Å². The smallest absolute Gasteiger partial charge is 0.284 e. The van der Waals surface area contributed by atoms with Gasteiger partial charge in [0.2, 0.25) is 0 Å². The van der Waals surface area contributed by atoms with E-state index in [0.717, 1.165) is 35.7 Å². The Morgan fingerprint density at radius 3 is 2.65 bits per heavy atom. The van der Waals surface area contributed by atoms with E-state index in [4.69, 9.17) is 0 Å². The minimum absolute atomic E-state index is 0.0589. The van der Waals surface area contributed by atoms with Gasteiger partial charge in [-0.15, -0.1) is 11.3 Å². The average Bonchev–Trinajstić information content (AvgIpc) is 2.86. The van der Waals surface area contributed by atoms with Gasteiger partial charge in [0.25, 0.3) is 11.6 Å². The van der Waals surface area contributed by atoms with Gasteiger partial charge in [-0.05, 0) is 31.9 Å². The van der Waals surface area contributed by atoms with Crippen LogP contribution in [0.1, 0.15) is 54.6 Å². The first-order chi connectivity index (χ1) is 12.5. The molecule has 0 bridgehead atoms. The molecule has 1 aliphatic rings. The maximum absolute atomic E-state index is 12.5. The summed E-state index contributed by atoms with van der Waals surface area (Å²) in [5.74, 6) is -0.235. The average molecular weight is 392 g/mol. The summed E-state index contributed by atoms with van der Waals surface area (Å²) in [5.41, 5.74) is 1.16. The second-order valence-corrected chi connectivity index (χ2v) is 8.61. The molecule has 0 spiro atoms. The molecule has 1 aliphatic carbocycles. The fraction of sp³-hybridized carbons (Fsp3) is 0.444. The van der Waals surface area contributed by atoms with Crippen molar-refractivity contribution in [2.24, 2.45) is 0 Å². The molecular weight excluding hydrogens is 370 g/mol. The van der Waals surface area contributed by atoms with Crippen molar-refractivity contribution in [1.82, 2.24) is 10.3 Å². The summed E-state index contributed by atoms with van der Waals surface area (Å²) in [6, 6.07) is 4.83. The Labute approximate surface area is 160 Å². The molecule has 1 aromatic carbocycles. The topological polar surface area (TPSA) is 85.1 Å². The minimum Gasteiger partial charge on any atom is -0.349 e. The zero-order chi connectivity index (χ0) is 18.5. The Kier molecular flexibility index (Phi) is 6.26. The van der Waals surface area contributed by atoms with Crippen LogP contribution in [0.25, 0.3) is 0 Å². The van der Waals surface area contributed by atoms with Crippen LogP contribution >= 0.6 is 23.1 Å². The maximum atomic E-state index is 12.5. The summed E-state index contributed by atoms with van der Waals surface area (Å²) in [4.78, 5) is 28.4. The molecule has 1 heterocycles. The lowest BCUT2D eigenvalue weighted by Crippen LogP contribution is -2.34. The van der Waals surface area contributed by atoms with E-state index in [2.05, 4.69) is 10.3 Å². The van der Waals surface area contributed by atoms with Gasteiger partial charge >= 0.3 is 0 Å². The van der Waals surface area contributed by atoms with Crippen molar-refractivity contribution in [3.8, 4) is 0 Å². The Morgan fingerprint density at radius 2 is 2.04 bits per heavy atom. The number of nitro benzene ring substituents is 1. The number of nitro groups is 1. The molecule has 138 valence electrons. The minimum atomic E-state index is -0.439. The first-order valence-corrected chi connectivity index (χ1v) is 10.4. The Hall–Kier alpha value is -1.93. The SMILES string of the molecule is Cc1csc(Sc2ccc(C(=O)NC3CCCCCC3)cc2[N+](=O)[O-])n1. The molecule has 0 saturated heterocycles. The number of aromatic nitrogens is 1. The number of amides is 1. The molecule has 1 N–H and O–H groups in total. The van der Waals surface area contributed by atoms with Gasteiger partial charge in [-0.1, -0.05) is 37.4 Å². The highest BCUT2D eigenvalue weighted by atomic mass is 32.2. The van der Waals surface area contributed by atoms with E-state index in [1.165, 1.54) is 42.0 Å². The number of nitrogens with one attached hydrogen (secondary N) is 1. The number of carbonyl (C=O) groups excluding carboxylic acids is 1. The summed E-state index contributed by atoms with van der Waals surface area (Å²) < 4.78 is 0.751. The fourth-order valence-corrected chi connectivity index (χ4v) is 4.93. The van der Waals surface area contributed by atoms with Crippen molar-refractivity contribution < 1.29 is 9.72 Å². The van der Waals surface area contributed by atoms with Crippen molar-refractivity contribution in [2.45, 2.75) is 60.7 Å². The number of rotatable bonds is 5. The van der Waals surface area contributed by atoms with E-state index in [0.29, 0.717) is 10.5 Å². The normalized spacial score (nSPS) is 15.4. The van der Waals surface area contributed by atoms with Crippen LogP contribution in [0.15, 0.2) is 32.8 Å². The molecule has 0 radical (unpaired) electrons. The Balaban J connectivity index is 1.76. The monoisotopic (exact) mass is 391 g/mol. The highest BCUT2D eigenvalue weighted by Gasteiger charge is 2.21. The van der Waals surface area contributed by atoms with Gasteiger partial charge in [-0.25, -0.2) is 4.98 Å². The highest BCUT2D eigenvalue weighted by Crippen LogP contribution is 2.36. The van der Waals surface area contributed by atoms with Crippen LogP contribution in [0.3, 0.4) is 0 Å². The predicted molar refractivity (Wildman–Crippen MR) is 103 cm³/mol. The van der Waals surface area contributed by atoms with Crippen LogP contribution in [0.2, 0.25) is 0 Å². The largest absolute Gasteiger partial charge is 0.349 e. The van der Waals surface area contributed by atoms with Crippen molar-refractivity contribution in [1.29, 1.82) is 0 Å². The summed E-state index contributed by atoms with van der Waals surface area (Å²) in [6.07, 6.45) is 6.61. The fourth-order valence-electron chi connectivity index (χ4n) is 3.05. The lowest BCUT2D eigenvalue weighted by molar-refractivity contribution is -0.387. The standard InChI is InChI=1S/C18H21N3O3S2/c1-12-11-25-18(19-12)26-16-9-8-13(10-15(16)21(23)24)17(22)20-14-6-4-2-3-5-7-14/h8-11,14H,2-7H2,1H3,(H,20,22). The molecule has 6 nitrogen and oxygen atoms in total. The summed E-state index contributed by atoms with van der Waals surface area (Å²) in [6.45, 7) is 1.88. The zero-order valence-electron chi connectivity index (χ0n) is 14.6. The molecule has 1 fully saturated rings. The lowest BCUT2D eigenvalue weighted by atomic mass is 10.1. The van der Waals surface area contributed by atoms with Gasteiger partial charge in [0.15, 0.2) is 4.34 Å². The van der Waals surface area contributed by atoms with E-state index in [-0.39, 0.29) is 17.6 Å². The summed E-state index contributed by atoms with van der Waals surface area (Å²) in [7, 11) is 0. The van der Waals surface area contributed by atoms with Crippen LogP contribution in [0, 0.1) is 17.0 Å². The number of aryl methyl sites for hydroxylation is 1. The number of carbonyl (C=O) groups is 1. The van der Waals surface area contributed by atoms with E-state index in [9.17, 15) is 14.9 Å². The van der Waals surface area contributed by atoms with E-state index in [1.54, 1.807) is 12.1 Å². The molecule has 0 unspecified atom stereocenters. The van der Waals surface area contributed by atoms with Crippen LogP contribution in [0.4, 0.5) is 5.69 Å². The first kappa shape index (κ1) is 18.8. The van der Waals surface area contributed by atoms with E-state index < -0.39 is 4.92 Å². The van der Waals surface area contributed by atoms with Gasteiger partial charge in [-0.3, -0.25) is 14.9 Å². The second-order valence-electron chi connectivity index (χ2n) is 6.46. The van der Waals surface area contributed by atoms with Crippen LogP contribution in [-0.2, 0) is 0 Å². The van der Waals surface area contributed by atoms with Gasteiger partial charge in [-0.2, -0.15) is 0 Å². The quantitative estimate of drug-likeness (QED) is 0.442. The van der Waals surface area contributed by atoms with Crippen LogP contribution in [0.5, 0.6) is 0 Å². The molecule has 0 aliphatic heterocycles. The van der Waals surface area contributed by atoms with Crippen LogP contribution in [-0.4, -0.2) is 21.9 Å². The highest BCUT2D eigenvalue weighted by molar-refractivity contribution is 8.01. The molecule has 1 saturated carbocycles. The molecule has 2 aromatic rings. The third-order valence-corrected chi connectivity index (χ3v) is 6.53.